The minimum atomic E-state index is 0.335. The molecular weight excluding hydrogens is 196 g/mol. The lowest BCUT2D eigenvalue weighted by Gasteiger charge is -2.12. The standard InChI is InChI=1S/C15H16O/c1-10-6-4-5-7-14(10)15-9-13(16)8-11(2)12(15)3/h4-9,16H,1-3H3. The van der Waals surface area contributed by atoms with Crippen LogP contribution in [0.1, 0.15) is 16.7 Å². The van der Waals surface area contributed by atoms with E-state index in [0.29, 0.717) is 5.75 Å². The van der Waals surface area contributed by atoms with E-state index in [1.165, 1.54) is 16.7 Å². The molecular formula is C15H16O. The van der Waals surface area contributed by atoms with Gasteiger partial charge in [0.2, 0.25) is 0 Å². The van der Waals surface area contributed by atoms with Crippen LogP contribution in [0.3, 0.4) is 0 Å². The van der Waals surface area contributed by atoms with E-state index in [4.69, 9.17) is 0 Å². The lowest BCUT2D eigenvalue weighted by atomic mass is 9.94. The number of phenolic OH excluding ortho intramolecular Hbond substituents is 1. The van der Waals surface area contributed by atoms with Crippen molar-refractivity contribution in [2.75, 3.05) is 0 Å². The van der Waals surface area contributed by atoms with Crippen molar-refractivity contribution in [3.8, 4) is 16.9 Å². The first kappa shape index (κ1) is 10.7. The summed E-state index contributed by atoms with van der Waals surface area (Å²) in [6, 6.07) is 11.9. The van der Waals surface area contributed by atoms with Gasteiger partial charge in [0, 0.05) is 0 Å². The molecule has 1 heteroatoms. The third-order valence-electron chi connectivity index (χ3n) is 3.09. The first-order chi connectivity index (χ1) is 7.59. The number of phenols is 1. The Morgan fingerprint density at radius 2 is 1.50 bits per heavy atom. The molecule has 1 N–H and O–H groups in total. The minimum absolute atomic E-state index is 0.335. The van der Waals surface area contributed by atoms with E-state index in [9.17, 15) is 5.11 Å². The molecule has 0 aromatic heterocycles. The van der Waals surface area contributed by atoms with Crippen molar-refractivity contribution < 1.29 is 5.11 Å². The summed E-state index contributed by atoms with van der Waals surface area (Å²) < 4.78 is 0. The number of rotatable bonds is 1. The Labute approximate surface area is 96.4 Å². The van der Waals surface area contributed by atoms with Crippen molar-refractivity contribution in [3.05, 3.63) is 53.1 Å². The van der Waals surface area contributed by atoms with E-state index in [2.05, 4.69) is 26.0 Å². The summed E-state index contributed by atoms with van der Waals surface area (Å²) >= 11 is 0. The highest BCUT2D eigenvalue weighted by Gasteiger charge is 2.07. The molecule has 0 amide bonds. The molecule has 0 atom stereocenters. The fourth-order valence-corrected chi connectivity index (χ4v) is 2.00. The molecule has 0 spiro atoms. The van der Waals surface area contributed by atoms with Gasteiger partial charge in [-0.05, 0) is 60.7 Å². The fourth-order valence-electron chi connectivity index (χ4n) is 2.00. The molecule has 2 aromatic rings. The van der Waals surface area contributed by atoms with Crippen LogP contribution in [0.2, 0.25) is 0 Å². The fraction of sp³-hybridized carbons (Fsp3) is 0.200. The second-order valence-corrected chi connectivity index (χ2v) is 4.25. The average Bonchev–Trinajstić information content (AvgIpc) is 2.24. The summed E-state index contributed by atoms with van der Waals surface area (Å²) in [5.41, 5.74) is 5.90. The van der Waals surface area contributed by atoms with E-state index < -0.39 is 0 Å². The molecule has 0 aliphatic rings. The van der Waals surface area contributed by atoms with Gasteiger partial charge in [-0.2, -0.15) is 0 Å². The van der Waals surface area contributed by atoms with E-state index in [0.717, 1.165) is 11.1 Å². The molecule has 2 aromatic carbocycles. The maximum atomic E-state index is 9.67. The highest BCUT2D eigenvalue weighted by atomic mass is 16.3. The van der Waals surface area contributed by atoms with Gasteiger partial charge in [-0.25, -0.2) is 0 Å². The predicted molar refractivity (Wildman–Crippen MR) is 67.8 cm³/mol. The Bertz CT molecular complexity index is 527. The first-order valence-electron chi connectivity index (χ1n) is 5.46. The van der Waals surface area contributed by atoms with E-state index in [1.54, 1.807) is 6.07 Å². The molecule has 0 saturated heterocycles. The summed E-state index contributed by atoms with van der Waals surface area (Å²) in [5, 5.41) is 9.67. The van der Waals surface area contributed by atoms with Crippen molar-refractivity contribution in [2.45, 2.75) is 20.8 Å². The molecule has 0 bridgehead atoms. The molecule has 82 valence electrons. The van der Waals surface area contributed by atoms with E-state index in [1.807, 2.05) is 25.1 Å². The number of aryl methyl sites for hydroxylation is 2. The lowest BCUT2D eigenvalue weighted by Crippen LogP contribution is -1.89. The number of benzene rings is 2. The zero-order valence-corrected chi connectivity index (χ0v) is 9.91. The molecule has 2 rings (SSSR count). The third-order valence-corrected chi connectivity index (χ3v) is 3.09. The zero-order chi connectivity index (χ0) is 11.7. The summed E-state index contributed by atoms with van der Waals surface area (Å²) in [5.74, 6) is 0.335. The normalized spacial score (nSPS) is 10.4. The highest BCUT2D eigenvalue weighted by Crippen LogP contribution is 2.31. The third kappa shape index (κ3) is 1.81. The molecule has 0 fully saturated rings. The van der Waals surface area contributed by atoms with Crippen LogP contribution in [0.15, 0.2) is 36.4 Å². The topological polar surface area (TPSA) is 20.2 Å². The lowest BCUT2D eigenvalue weighted by molar-refractivity contribution is 0.475. The Morgan fingerprint density at radius 3 is 2.19 bits per heavy atom. The zero-order valence-electron chi connectivity index (χ0n) is 9.91. The van der Waals surface area contributed by atoms with Crippen molar-refractivity contribution in [2.24, 2.45) is 0 Å². The van der Waals surface area contributed by atoms with Crippen molar-refractivity contribution in [1.29, 1.82) is 0 Å². The Balaban J connectivity index is 2.69. The Hall–Kier alpha value is -1.76. The van der Waals surface area contributed by atoms with Gasteiger partial charge in [0.1, 0.15) is 5.75 Å². The van der Waals surface area contributed by atoms with Crippen molar-refractivity contribution >= 4 is 0 Å². The van der Waals surface area contributed by atoms with Crippen LogP contribution >= 0.6 is 0 Å². The maximum Gasteiger partial charge on any atom is 0.116 e. The highest BCUT2D eigenvalue weighted by molar-refractivity contribution is 5.72. The van der Waals surface area contributed by atoms with Gasteiger partial charge in [-0.1, -0.05) is 24.3 Å². The largest absolute Gasteiger partial charge is 0.508 e. The molecule has 0 radical (unpaired) electrons. The van der Waals surface area contributed by atoms with Crippen LogP contribution in [0.4, 0.5) is 0 Å². The number of hydrogen-bond donors (Lipinski definition) is 1. The Morgan fingerprint density at radius 1 is 0.812 bits per heavy atom. The number of hydrogen-bond acceptors (Lipinski definition) is 1. The monoisotopic (exact) mass is 212 g/mol. The molecule has 0 unspecified atom stereocenters. The maximum absolute atomic E-state index is 9.67. The van der Waals surface area contributed by atoms with Gasteiger partial charge in [0.15, 0.2) is 0 Å². The van der Waals surface area contributed by atoms with Gasteiger partial charge >= 0.3 is 0 Å². The summed E-state index contributed by atoms with van der Waals surface area (Å²) in [7, 11) is 0. The molecule has 0 heterocycles. The van der Waals surface area contributed by atoms with Crippen LogP contribution in [0.25, 0.3) is 11.1 Å². The van der Waals surface area contributed by atoms with Crippen LogP contribution in [0, 0.1) is 20.8 Å². The van der Waals surface area contributed by atoms with Gasteiger partial charge in [-0.15, -0.1) is 0 Å². The quantitative estimate of drug-likeness (QED) is 0.758. The molecule has 0 aliphatic heterocycles. The SMILES string of the molecule is Cc1ccccc1-c1cc(O)cc(C)c1C. The van der Waals surface area contributed by atoms with Crippen LogP contribution in [-0.4, -0.2) is 5.11 Å². The van der Waals surface area contributed by atoms with Gasteiger partial charge in [0.25, 0.3) is 0 Å². The van der Waals surface area contributed by atoms with E-state index in [-0.39, 0.29) is 0 Å². The first-order valence-corrected chi connectivity index (χ1v) is 5.46. The molecule has 16 heavy (non-hydrogen) atoms. The predicted octanol–water partition coefficient (Wildman–Crippen LogP) is 3.98. The molecule has 0 aliphatic carbocycles. The average molecular weight is 212 g/mol. The summed E-state index contributed by atoms with van der Waals surface area (Å²) in [4.78, 5) is 0. The second kappa shape index (κ2) is 4.01. The summed E-state index contributed by atoms with van der Waals surface area (Å²) in [6.07, 6.45) is 0. The van der Waals surface area contributed by atoms with Crippen LogP contribution < -0.4 is 0 Å². The van der Waals surface area contributed by atoms with Crippen LogP contribution in [0.5, 0.6) is 5.75 Å². The number of aromatic hydroxyl groups is 1. The van der Waals surface area contributed by atoms with E-state index >= 15 is 0 Å². The van der Waals surface area contributed by atoms with Crippen LogP contribution in [-0.2, 0) is 0 Å². The smallest absolute Gasteiger partial charge is 0.116 e. The minimum Gasteiger partial charge on any atom is -0.508 e. The van der Waals surface area contributed by atoms with Gasteiger partial charge in [0.05, 0.1) is 0 Å². The van der Waals surface area contributed by atoms with Gasteiger partial charge in [-0.3, -0.25) is 0 Å². The van der Waals surface area contributed by atoms with Crippen molar-refractivity contribution in [3.63, 3.8) is 0 Å². The second-order valence-electron chi connectivity index (χ2n) is 4.25. The molecule has 1 nitrogen and oxygen atoms in total. The van der Waals surface area contributed by atoms with Crippen molar-refractivity contribution in [1.82, 2.24) is 0 Å². The Kier molecular flexibility index (Phi) is 2.69. The molecule has 0 saturated carbocycles. The summed E-state index contributed by atoms with van der Waals surface area (Å²) in [6.45, 7) is 6.21. The van der Waals surface area contributed by atoms with Gasteiger partial charge < -0.3 is 5.11 Å².